The van der Waals surface area contributed by atoms with Gasteiger partial charge in [-0.2, -0.15) is 0 Å². The first kappa shape index (κ1) is 18.2. The van der Waals surface area contributed by atoms with E-state index < -0.39 is 0 Å². The smallest absolute Gasteiger partial charge is 0.105 e. The Morgan fingerprint density at radius 3 is 3.00 bits per heavy atom. The molecule has 0 unspecified atom stereocenters. The minimum absolute atomic E-state index is 0.127. The molecule has 0 aliphatic carbocycles. The minimum Gasteiger partial charge on any atom is -0.377 e. The van der Waals surface area contributed by atoms with Gasteiger partial charge in [-0.25, -0.2) is 0 Å². The molecule has 4 nitrogen and oxygen atoms in total. The highest BCUT2D eigenvalue weighted by Gasteiger charge is 2.43. The van der Waals surface area contributed by atoms with Gasteiger partial charge in [-0.3, -0.25) is 4.90 Å². The molecular weight excluding hydrogens is 324 g/mol. The number of rotatable bonds is 5. The molecule has 0 bridgehead atoms. The summed E-state index contributed by atoms with van der Waals surface area (Å²) in [7, 11) is 0. The first-order valence-electron chi connectivity index (χ1n) is 9.02. The molecule has 24 heavy (non-hydrogen) atoms. The number of halogens is 1. The van der Waals surface area contributed by atoms with E-state index in [0.29, 0.717) is 6.04 Å². The maximum Gasteiger partial charge on any atom is 0.105 e. The molecule has 1 spiro atoms. The van der Waals surface area contributed by atoms with Gasteiger partial charge < -0.3 is 14.8 Å². The summed E-state index contributed by atoms with van der Waals surface area (Å²) < 4.78 is 12.3. The fourth-order valence-corrected chi connectivity index (χ4v) is 3.85. The predicted molar refractivity (Wildman–Crippen MR) is 97.5 cm³/mol. The summed E-state index contributed by atoms with van der Waals surface area (Å²) in [4.78, 5) is 2.48. The highest BCUT2D eigenvalue weighted by atomic mass is 35.5. The van der Waals surface area contributed by atoms with Crippen LogP contribution in [0.5, 0.6) is 0 Å². The molecule has 1 N–H and O–H groups in total. The number of nitrogens with one attached hydrogen (secondary N) is 1. The second kappa shape index (κ2) is 8.15. The van der Waals surface area contributed by atoms with Crippen molar-refractivity contribution in [3.63, 3.8) is 0 Å². The Labute approximate surface area is 150 Å². The third kappa shape index (κ3) is 4.50. The molecule has 0 amide bonds. The Morgan fingerprint density at radius 2 is 2.21 bits per heavy atom. The van der Waals surface area contributed by atoms with Gasteiger partial charge in [0.25, 0.3) is 0 Å². The molecule has 0 saturated carbocycles. The quantitative estimate of drug-likeness (QED) is 0.883. The number of hydrogen-bond donors (Lipinski definition) is 1. The number of nitrogens with zero attached hydrogens (tertiary/aromatic N) is 1. The van der Waals surface area contributed by atoms with Crippen LogP contribution in [0.3, 0.4) is 0 Å². The summed E-state index contributed by atoms with van der Waals surface area (Å²) in [6.07, 6.45) is 2.42. The summed E-state index contributed by atoms with van der Waals surface area (Å²) in [5.41, 5.74) is 1.01. The molecule has 2 saturated heterocycles. The average molecular weight is 353 g/mol. The van der Waals surface area contributed by atoms with E-state index in [1.54, 1.807) is 0 Å². The normalized spacial score (nSPS) is 28.6. The molecule has 1 aromatic carbocycles. The van der Waals surface area contributed by atoms with Crippen molar-refractivity contribution >= 4 is 11.6 Å². The summed E-state index contributed by atoms with van der Waals surface area (Å²) in [5.74, 6) is 0. The van der Waals surface area contributed by atoms with Crippen molar-refractivity contribution in [2.24, 2.45) is 0 Å². The van der Waals surface area contributed by atoms with Crippen molar-refractivity contribution in [1.29, 1.82) is 0 Å². The molecule has 0 radical (unpaired) electrons. The fraction of sp³-hybridized carbons (Fsp3) is 0.684. The average Bonchev–Trinajstić information content (AvgIpc) is 2.82. The van der Waals surface area contributed by atoms with Gasteiger partial charge in [0.2, 0.25) is 0 Å². The van der Waals surface area contributed by atoms with Gasteiger partial charge in [-0.05, 0) is 38.3 Å². The Balaban J connectivity index is 1.50. The van der Waals surface area contributed by atoms with E-state index in [2.05, 4.69) is 30.1 Å². The molecular formula is C19H29ClN2O2. The lowest BCUT2D eigenvalue weighted by Crippen LogP contribution is -2.47. The van der Waals surface area contributed by atoms with Crippen LogP contribution < -0.4 is 5.32 Å². The number of hydrogen-bond acceptors (Lipinski definition) is 4. The van der Waals surface area contributed by atoms with Gasteiger partial charge >= 0.3 is 0 Å². The lowest BCUT2D eigenvalue weighted by atomic mass is 9.99. The van der Waals surface area contributed by atoms with Crippen LogP contribution in [0, 0.1) is 0 Å². The highest BCUT2D eigenvalue weighted by molar-refractivity contribution is 6.31. The lowest BCUT2D eigenvalue weighted by molar-refractivity contribution is -0.0866. The van der Waals surface area contributed by atoms with E-state index in [9.17, 15) is 0 Å². The van der Waals surface area contributed by atoms with E-state index in [0.717, 1.165) is 62.8 Å². The topological polar surface area (TPSA) is 33.7 Å². The Morgan fingerprint density at radius 1 is 1.38 bits per heavy atom. The maximum absolute atomic E-state index is 6.46. The SMILES string of the molecule is CC(C)N1CCOC[C@@]2(CC[C@@H](CNCc3ccccc3Cl)O2)C1. The summed E-state index contributed by atoms with van der Waals surface area (Å²) in [5, 5.41) is 4.31. The molecule has 0 aromatic heterocycles. The third-order valence-electron chi connectivity index (χ3n) is 5.09. The van der Waals surface area contributed by atoms with Crippen LogP contribution in [0.2, 0.25) is 5.02 Å². The van der Waals surface area contributed by atoms with Crippen LogP contribution in [0.25, 0.3) is 0 Å². The second-order valence-electron chi connectivity index (χ2n) is 7.30. The van der Waals surface area contributed by atoms with Gasteiger partial charge in [-0.15, -0.1) is 0 Å². The largest absolute Gasteiger partial charge is 0.377 e. The van der Waals surface area contributed by atoms with Crippen LogP contribution in [0.15, 0.2) is 24.3 Å². The first-order valence-corrected chi connectivity index (χ1v) is 9.39. The highest BCUT2D eigenvalue weighted by Crippen LogP contribution is 2.33. The molecule has 2 fully saturated rings. The maximum atomic E-state index is 6.46. The lowest BCUT2D eigenvalue weighted by Gasteiger charge is -2.34. The number of benzene rings is 1. The zero-order valence-corrected chi connectivity index (χ0v) is 15.5. The molecule has 2 aliphatic heterocycles. The molecule has 5 heteroatoms. The van der Waals surface area contributed by atoms with Gasteiger partial charge in [-0.1, -0.05) is 29.8 Å². The van der Waals surface area contributed by atoms with E-state index >= 15 is 0 Å². The molecule has 134 valence electrons. The molecule has 1 aromatic rings. The Bertz CT molecular complexity index is 540. The number of ether oxygens (including phenoxy) is 2. The standard InChI is InChI=1S/C19H29ClN2O2/c1-15(2)22-9-10-23-14-19(13-22)8-7-17(24-19)12-21-11-16-5-3-4-6-18(16)20/h3-6,15,17,21H,7-14H2,1-2H3/t17-,19+/m0/s1. The van der Waals surface area contributed by atoms with Gasteiger partial charge in [0.1, 0.15) is 5.60 Å². The zero-order valence-electron chi connectivity index (χ0n) is 14.8. The van der Waals surface area contributed by atoms with E-state index in [1.807, 2.05) is 18.2 Å². The van der Waals surface area contributed by atoms with Crippen LogP contribution >= 0.6 is 11.6 Å². The second-order valence-corrected chi connectivity index (χ2v) is 7.71. The van der Waals surface area contributed by atoms with Gasteiger partial charge in [0, 0.05) is 37.2 Å². The summed E-state index contributed by atoms with van der Waals surface area (Å²) in [6.45, 7) is 9.63. The van der Waals surface area contributed by atoms with Crippen molar-refractivity contribution in [3.05, 3.63) is 34.9 Å². The van der Waals surface area contributed by atoms with Crippen molar-refractivity contribution in [3.8, 4) is 0 Å². The van der Waals surface area contributed by atoms with Crippen LogP contribution in [0.4, 0.5) is 0 Å². The molecule has 3 rings (SSSR count). The Kier molecular flexibility index (Phi) is 6.17. The van der Waals surface area contributed by atoms with Crippen LogP contribution in [-0.2, 0) is 16.0 Å². The monoisotopic (exact) mass is 352 g/mol. The minimum atomic E-state index is -0.127. The van der Waals surface area contributed by atoms with Gasteiger partial charge in [0.05, 0.1) is 19.3 Å². The van der Waals surface area contributed by atoms with Crippen LogP contribution in [-0.4, -0.2) is 55.5 Å². The predicted octanol–water partition coefficient (Wildman–Crippen LogP) is 3.09. The molecule has 2 aliphatic rings. The van der Waals surface area contributed by atoms with E-state index in [4.69, 9.17) is 21.1 Å². The van der Waals surface area contributed by atoms with Crippen molar-refractivity contribution in [1.82, 2.24) is 10.2 Å². The van der Waals surface area contributed by atoms with E-state index in [-0.39, 0.29) is 11.7 Å². The van der Waals surface area contributed by atoms with Crippen molar-refractivity contribution in [2.75, 3.05) is 32.8 Å². The fourth-order valence-electron chi connectivity index (χ4n) is 3.65. The van der Waals surface area contributed by atoms with Crippen LogP contribution in [0.1, 0.15) is 32.3 Å². The zero-order chi connectivity index (χ0) is 17.0. The van der Waals surface area contributed by atoms with Crippen molar-refractivity contribution in [2.45, 2.75) is 51.0 Å². The van der Waals surface area contributed by atoms with Gasteiger partial charge in [0.15, 0.2) is 0 Å². The van der Waals surface area contributed by atoms with Crippen molar-refractivity contribution < 1.29 is 9.47 Å². The summed E-state index contributed by atoms with van der Waals surface area (Å²) in [6, 6.07) is 8.51. The third-order valence-corrected chi connectivity index (χ3v) is 5.46. The van der Waals surface area contributed by atoms with E-state index in [1.165, 1.54) is 0 Å². The molecule has 2 atom stereocenters. The molecule has 2 heterocycles. The Hall–Kier alpha value is -0.650. The first-order chi connectivity index (χ1) is 11.6. The summed E-state index contributed by atoms with van der Waals surface area (Å²) >= 11 is 6.21.